The highest BCUT2D eigenvalue weighted by Gasteiger charge is 2.14. The van der Waals surface area contributed by atoms with Crippen LogP contribution in [-0.4, -0.2) is 26.7 Å². The second kappa shape index (κ2) is 5.95. The second-order valence-electron chi connectivity index (χ2n) is 6.43. The van der Waals surface area contributed by atoms with E-state index >= 15 is 0 Å². The Hall–Kier alpha value is -3.67. The van der Waals surface area contributed by atoms with Gasteiger partial charge in [0.05, 0.1) is 23.8 Å². The van der Waals surface area contributed by atoms with Crippen LogP contribution in [0.15, 0.2) is 60.8 Å². The fourth-order valence-corrected chi connectivity index (χ4v) is 3.56. The largest absolute Gasteiger partial charge is 0.494 e. The maximum absolute atomic E-state index is 6.16. The molecule has 2 aromatic carbocycles. The van der Waals surface area contributed by atoms with E-state index in [0.29, 0.717) is 18.1 Å². The van der Waals surface area contributed by atoms with Crippen LogP contribution in [0.3, 0.4) is 0 Å². The first-order chi connectivity index (χ1) is 13.2. The number of ether oxygens (including phenoxy) is 1. The minimum atomic E-state index is 0.337. The highest BCUT2D eigenvalue weighted by atomic mass is 16.5. The van der Waals surface area contributed by atoms with Crippen molar-refractivity contribution in [3.8, 4) is 5.75 Å². The molecule has 5 rings (SSSR count). The van der Waals surface area contributed by atoms with E-state index in [2.05, 4.69) is 39.3 Å². The van der Waals surface area contributed by atoms with E-state index in [1.54, 1.807) is 11.6 Å². The van der Waals surface area contributed by atoms with Crippen LogP contribution in [-0.2, 0) is 6.42 Å². The van der Waals surface area contributed by atoms with Crippen molar-refractivity contribution in [2.24, 2.45) is 0 Å². The molecule has 0 bridgehead atoms. The fourth-order valence-electron chi connectivity index (χ4n) is 3.56. The van der Waals surface area contributed by atoms with Crippen LogP contribution in [0.25, 0.3) is 27.3 Å². The van der Waals surface area contributed by atoms with Gasteiger partial charge in [-0.15, -0.1) is 0 Å². The molecule has 0 amide bonds. The number of methoxy groups -OCH3 is 1. The van der Waals surface area contributed by atoms with E-state index in [9.17, 15) is 0 Å². The molecule has 0 aliphatic heterocycles. The van der Waals surface area contributed by atoms with Gasteiger partial charge in [0.25, 0.3) is 0 Å². The van der Waals surface area contributed by atoms with Crippen molar-refractivity contribution >= 4 is 33.3 Å². The lowest BCUT2D eigenvalue weighted by molar-refractivity contribution is 0.419. The van der Waals surface area contributed by atoms with Crippen molar-refractivity contribution in [1.82, 2.24) is 19.6 Å². The lowest BCUT2D eigenvalue weighted by atomic mass is 10.1. The molecule has 0 fully saturated rings. The maximum atomic E-state index is 6.16. The van der Waals surface area contributed by atoms with Gasteiger partial charge in [-0.25, -0.2) is 4.98 Å². The molecule has 6 heteroatoms. The molecule has 0 atom stereocenters. The summed E-state index contributed by atoms with van der Waals surface area (Å²) in [5, 5.41) is 6.76. The zero-order valence-corrected chi connectivity index (χ0v) is 14.8. The molecule has 0 radical (unpaired) electrons. The number of para-hydroxylation sites is 2. The minimum absolute atomic E-state index is 0.337. The molecule has 2 N–H and O–H groups in total. The van der Waals surface area contributed by atoms with Gasteiger partial charge in [0, 0.05) is 23.4 Å². The second-order valence-corrected chi connectivity index (χ2v) is 6.43. The zero-order valence-electron chi connectivity index (χ0n) is 14.8. The molecule has 27 heavy (non-hydrogen) atoms. The summed E-state index contributed by atoms with van der Waals surface area (Å²) in [6.07, 6.45) is 2.48. The van der Waals surface area contributed by atoms with Gasteiger partial charge in [0.2, 0.25) is 5.95 Å². The Bertz CT molecular complexity index is 1300. The molecule has 0 saturated carbocycles. The Morgan fingerprint density at radius 1 is 1.04 bits per heavy atom. The van der Waals surface area contributed by atoms with Crippen molar-refractivity contribution in [3.05, 3.63) is 72.1 Å². The smallest absolute Gasteiger partial charge is 0.222 e. The van der Waals surface area contributed by atoms with Crippen LogP contribution in [0.1, 0.15) is 11.3 Å². The summed E-state index contributed by atoms with van der Waals surface area (Å²) in [5.74, 6) is 1.03. The number of nitrogens with two attached hydrogens (primary N) is 1. The summed E-state index contributed by atoms with van der Waals surface area (Å²) in [6, 6.07) is 18.1. The van der Waals surface area contributed by atoms with Crippen LogP contribution >= 0.6 is 0 Å². The Morgan fingerprint density at radius 3 is 2.78 bits per heavy atom. The Morgan fingerprint density at radius 2 is 1.89 bits per heavy atom. The van der Waals surface area contributed by atoms with E-state index in [0.717, 1.165) is 38.6 Å². The standard InChI is InChI=1S/C21H17N5O/c1-27-18-9-3-8-16-17-12-15(25-26(17)21(22)24-20(16)18)11-14-6-2-5-13-7-4-10-23-19(13)14/h2-10,12H,11H2,1H3,(H2,22,24). The first kappa shape index (κ1) is 15.6. The number of hydrogen-bond donors (Lipinski definition) is 1. The van der Waals surface area contributed by atoms with Crippen molar-refractivity contribution < 1.29 is 4.74 Å². The maximum Gasteiger partial charge on any atom is 0.222 e. The number of anilines is 1. The normalized spacial score (nSPS) is 11.4. The number of nitrogen functional groups attached to an aromatic ring is 1. The summed E-state index contributed by atoms with van der Waals surface area (Å²) in [5.41, 5.74) is 10.9. The highest BCUT2D eigenvalue weighted by molar-refractivity contribution is 5.97. The molecule has 5 aromatic rings. The third-order valence-corrected chi connectivity index (χ3v) is 4.79. The molecule has 132 valence electrons. The van der Waals surface area contributed by atoms with Crippen LogP contribution in [0.5, 0.6) is 5.75 Å². The van der Waals surface area contributed by atoms with Gasteiger partial charge >= 0.3 is 0 Å². The van der Waals surface area contributed by atoms with Crippen LogP contribution < -0.4 is 10.5 Å². The van der Waals surface area contributed by atoms with Gasteiger partial charge in [0.1, 0.15) is 11.3 Å². The van der Waals surface area contributed by atoms with Gasteiger partial charge in [-0.05, 0) is 23.8 Å². The quantitative estimate of drug-likeness (QED) is 0.535. The Kier molecular flexibility index (Phi) is 3.43. The van der Waals surface area contributed by atoms with Gasteiger partial charge in [-0.3, -0.25) is 4.98 Å². The zero-order chi connectivity index (χ0) is 18.4. The first-order valence-corrected chi connectivity index (χ1v) is 8.68. The number of aromatic nitrogens is 4. The van der Waals surface area contributed by atoms with Gasteiger partial charge in [-0.2, -0.15) is 9.61 Å². The van der Waals surface area contributed by atoms with E-state index < -0.39 is 0 Å². The van der Waals surface area contributed by atoms with Gasteiger partial charge < -0.3 is 10.5 Å². The van der Waals surface area contributed by atoms with Crippen molar-refractivity contribution in [3.63, 3.8) is 0 Å². The molecular formula is C21H17N5O. The van der Waals surface area contributed by atoms with Crippen LogP contribution in [0, 0.1) is 0 Å². The minimum Gasteiger partial charge on any atom is -0.494 e. The summed E-state index contributed by atoms with van der Waals surface area (Å²) in [6.45, 7) is 0. The average Bonchev–Trinajstić information content (AvgIpc) is 3.13. The molecule has 0 aliphatic carbocycles. The van der Waals surface area contributed by atoms with Crippen LogP contribution in [0.4, 0.5) is 5.95 Å². The van der Waals surface area contributed by atoms with Crippen molar-refractivity contribution in [2.45, 2.75) is 6.42 Å². The molecule has 0 unspecified atom stereocenters. The Balaban J connectivity index is 1.68. The monoisotopic (exact) mass is 355 g/mol. The summed E-state index contributed by atoms with van der Waals surface area (Å²) < 4.78 is 7.12. The molecule has 3 aromatic heterocycles. The first-order valence-electron chi connectivity index (χ1n) is 8.68. The van der Waals surface area contributed by atoms with Crippen molar-refractivity contribution in [1.29, 1.82) is 0 Å². The molecule has 0 aliphatic rings. The topological polar surface area (TPSA) is 78.3 Å². The number of hydrogen-bond acceptors (Lipinski definition) is 5. The third-order valence-electron chi connectivity index (χ3n) is 4.79. The highest BCUT2D eigenvalue weighted by Crippen LogP contribution is 2.29. The third kappa shape index (κ3) is 2.45. The molecule has 3 heterocycles. The molecular weight excluding hydrogens is 338 g/mol. The number of rotatable bonds is 3. The van der Waals surface area contributed by atoms with E-state index in [1.165, 1.54) is 0 Å². The number of benzene rings is 2. The molecule has 0 spiro atoms. The molecule has 0 saturated heterocycles. The summed E-state index contributed by atoms with van der Waals surface area (Å²) >= 11 is 0. The average molecular weight is 355 g/mol. The Labute approximate surface area is 155 Å². The number of pyridine rings is 1. The SMILES string of the molecule is COc1cccc2c1nc(N)n1nc(Cc3cccc4cccnc34)cc21. The van der Waals surface area contributed by atoms with E-state index in [4.69, 9.17) is 10.5 Å². The number of fused-ring (bicyclic) bond motifs is 4. The number of nitrogens with zero attached hydrogens (tertiary/aromatic N) is 4. The van der Waals surface area contributed by atoms with E-state index in [1.807, 2.05) is 36.5 Å². The van der Waals surface area contributed by atoms with Crippen LogP contribution in [0.2, 0.25) is 0 Å². The predicted molar refractivity (Wildman–Crippen MR) is 106 cm³/mol. The lowest BCUT2D eigenvalue weighted by Gasteiger charge is -2.07. The summed E-state index contributed by atoms with van der Waals surface area (Å²) in [4.78, 5) is 9.02. The predicted octanol–water partition coefficient (Wildman–Crippen LogP) is 3.61. The molecule has 6 nitrogen and oxygen atoms in total. The summed E-state index contributed by atoms with van der Waals surface area (Å²) in [7, 11) is 1.63. The lowest BCUT2D eigenvalue weighted by Crippen LogP contribution is -2.03. The van der Waals surface area contributed by atoms with Crippen molar-refractivity contribution in [2.75, 3.05) is 12.8 Å². The van der Waals surface area contributed by atoms with Gasteiger partial charge in [0.15, 0.2) is 0 Å². The van der Waals surface area contributed by atoms with Gasteiger partial charge in [-0.1, -0.05) is 36.4 Å². The fraction of sp³-hybridized carbons (Fsp3) is 0.0952. The van der Waals surface area contributed by atoms with E-state index in [-0.39, 0.29) is 0 Å².